The van der Waals surface area contributed by atoms with Gasteiger partial charge >= 0.3 is 0 Å². The molecule has 1 aliphatic heterocycles. The molecule has 0 unspecified atom stereocenters. The van der Waals surface area contributed by atoms with Gasteiger partial charge in [0.1, 0.15) is 0 Å². The number of halogens is 2. The lowest BCUT2D eigenvalue weighted by molar-refractivity contribution is 0.0765. The quantitative estimate of drug-likeness (QED) is 0.617. The monoisotopic (exact) mass is 333 g/mol. The van der Waals surface area contributed by atoms with E-state index in [0.29, 0.717) is 13.1 Å². The molecule has 4 nitrogen and oxygen atoms in total. The Hall–Kier alpha value is -1.04. The summed E-state index contributed by atoms with van der Waals surface area (Å²) < 4.78 is 22.7. The number of rotatable bonds is 2. The summed E-state index contributed by atoms with van der Waals surface area (Å²) in [6.45, 7) is 3.09. The van der Waals surface area contributed by atoms with E-state index >= 15 is 0 Å². The molecule has 1 aliphatic rings. The summed E-state index contributed by atoms with van der Waals surface area (Å²) in [7, 11) is 1.38. The summed E-state index contributed by atoms with van der Waals surface area (Å²) in [6, 6.07) is 3.93. The van der Waals surface area contributed by atoms with Gasteiger partial charge in [-0.3, -0.25) is 4.79 Å². The maximum absolute atomic E-state index is 12.4. The molecule has 1 amide bonds. The minimum Gasteiger partial charge on any atom is -0.334 e. The van der Waals surface area contributed by atoms with Gasteiger partial charge in [0.15, 0.2) is 0 Å². The molecule has 0 spiro atoms. The van der Waals surface area contributed by atoms with Gasteiger partial charge in [0.05, 0.1) is 4.90 Å². The van der Waals surface area contributed by atoms with Crippen LogP contribution in [0.1, 0.15) is 23.7 Å². The Balaban J connectivity index is 2.36. The van der Waals surface area contributed by atoms with Crippen molar-refractivity contribution in [3.05, 3.63) is 40.4 Å². The van der Waals surface area contributed by atoms with Crippen molar-refractivity contribution in [3.63, 3.8) is 0 Å². The van der Waals surface area contributed by atoms with Gasteiger partial charge in [-0.05, 0) is 31.5 Å². The zero-order chi connectivity index (χ0) is 14.9. The summed E-state index contributed by atoms with van der Waals surface area (Å²) in [5.74, 6) is -0.249. The fraction of sp³-hybridized carbons (Fsp3) is 0.308. The van der Waals surface area contributed by atoms with E-state index in [0.717, 1.165) is 12.0 Å². The van der Waals surface area contributed by atoms with Crippen LogP contribution in [0.2, 0.25) is 5.02 Å². The van der Waals surface area contributed by atoms with Gasteiger partial charge in [-0.15, -0.1) is 0 Å². The average Bonchev–Trinajstić information content (AvgIpc) is 2.36. The molecule has 0 bridgehead atoms. The third-order valence-electron chi connectivity index (χ3n) is 3.02. The zero-order valence-electron chi connectivity index (χ0n) is 10.8. The van der Waals surface area contributed by atoms with Crippen LogP contribution in [0, 0.1) is 0 Å². The van der Waals surface area contributed by atoms with Crippen molar-refractivity contribution in [1.29, 1.82) is 0 Å². The van der Waals surface area contributed by atoms with Crippen molar-refractivity contribution < 1.29 is 13.2 Å². The molecular formula is C13H13Cl2NO3S. The third kappa shape index (κ3) is 3.53. The van der Waals surface area contributed by atoms with E-state index in [1.54, 1.807) is 4.90 Å². The lowest BCUT2D eigenvalue weighted by Gasteiger charge is -2.26. The highest BCUT2D eigenvalue weighted by Gasteiger charge is 2.21. The van der Waals surface area contributed by atoms with Crippen molar-refractivity contribution >= 4 is 37.2 Å². The second kappa shape index (κ2) is 5.76. The van der Waals surface area contributed by atoms with E-state index in [1.807, 2.05) is 6.92 Å². The first-order valence-electron chi connectivity index (χ1n) is 5.97. The van der Waals surface area contributed by atoms with Crippen LogP contribution in [0.3, 0.4) is 0 Å². The summed E-state index contributed by atoms with van der Waals surface area (Å²) in [6.07, 6.45) is 2.87. The molecule has 0 saturated carbocycles. The SMILES string of the molecule is CC1=CCCN(C(=O)c2cc(Cl)cc(S(=O)(=O)Cl)c2)C1. The van der Waals surface area contributed by atoms with Crippen molar-refractivity contribution in [2.45, 2.75) is 18.2 Å². The standard InChI is InChI=1S/C13H13Cl2NO3S/c1-9-3-2-4-16(8-9)13(17)10-5-11(14)7-12(6-10)20(15,18)19/h3,5-7H,2,4,8H2,1H3. The molecule has 1 aromatic rings. The van der Waals surface area contributed by atoms with E-state index in [1.165, 1.54) is 18.2 Å². The van der Waals surface area contributed by atoms with E-state index in [2.05, 4.69) is 6.08 Å². The molecule has 0 radical (unpaired) electrons. The second-order valence-corrected chi connectivity index (χ2v) is 7.68. The fourth-order valence-electron chi connectivity index (χ4n) is 2.09. The summed E-state index contributed by atoms with van der Waals surface area (Å²) in [5, 5.41) is 0.166. The Morgan fingerprint density at radius 3 is 2.60 bits per heavy atom. The molecule has 0 atom stereocenters. The van der Waals surface area contributed by atoms with Crippen LogP contribution in [-0.2, 0) is 9.05 Å². The molecule has 0 saturated heterocycles. The van der Waals surface area contributed by atoms with Crippen LogP contribution in [-0.4, -0.2) is 32.3 Å². The summed E-state index contributed by atoms with van der Waals surface area (Å²) >= 11 is 5.86. The molecule has 0 aromatic heterocycles. The van der Waals surface area contributed by atoms with Gasteiger partial charge in [-0.2, -0.15) is 0 Å². The molecule has 1 aromatic carbocycles. The molecule has 0 aliphatic carbocycles. The summed E-state index contributed by atoms with van der Waals surface area (Å²) in [5.41, 5.74) is 1.34. The smallest absolute Gasteiger partial charge is 0.261 e. The molecule has 0 N–H and O–H groups in total. The Bertz CT molecular complexity index is 683. The van der Waals surface area contributed by atoms with Crippen LogP contribution in [0.4, 0.5) is 0 Å². The number of benzene rings is 1. The molecule has 2 rings (SSSR count). The number of hydrogen-bond acceptors (Lipinski definition) is 3. The van der Waals surface area contributed by atoms with Crippen molar-refractivity contribution in [2.75, 3.05) is 13.1 Å². The van der Waals surface area contributed by atoms with Gasteiger partial charge in [-0.1, -0.05) is 23.3 Å². The van der Waals surface area contributed by atoms with Crippen LogP contribution in [0.15, 0.2) is 34.7 Å². The molecule has 108 valence electrons. The van der Waals surface area contributed by atoms with E-state index in [-0.39, 0.29) is 21.4 Å². The van der Waals surface area contributed by atoms with Crippen LogP contribution in [0.25, 0.3) is 0 Å². The van der Waals surface area contributed by atoms with E-state index < -0.39 is 9.05 Å². The highest BCUT2D eigenvalue weighted by atomic mass is 35.7. The minimum atomic E-state index is -3.92. The first-order valence-corrected chi connectivity index (χ1v) is 8.66. The predicted molar refractivity (Wildman–Crippen MR) is 78.8 cm³/mol. The largest absolute Gasteiger partial charge is 0.334 e. The Morgan fingerprint density at radius 2 is 2.00 bits per heavy atom. The van der Waals surface area contributed by atoms with Crippen molar-refractivity contribution in [2.24, 2.45) is 0 Å². The number of amides is 1. The maximum Gasteiger partial charge on any atom is 0.261 e. The van der Waals surface area contributed by atoms with Gasteiger partial charge in [0.25, 0.3) is 15.0 Å². The topological polar surface area (TPSA) is 54.5 Å². The van der Waals surface area contributed by atoms with Gasteiger partial charge in [0, 0.05) is 34.4 Å². The van der Waals surface area contributed by atoms with Gasteiger partial charge in [-0.25, -0.2) is 8.42 Å². The minimum absolute atomic E-state index is 0.166. The molecule has 20 heavy (non-hydrogen) atoms. The molecule has 7 heteroatoms. The molecule has 0 fully saturated rings. The lowest BCUT2D eigenvalue weighted by Crippen LogP contribution is -2.35. The Labute approximate surface area is 127 Å². The molecular weight excluding hydrogens is 321 g/mol. The lowest BCUT2D eigenvalue weighted by atomic mass is 10.1. The van der Waals surface area contributed by atoms with Gasteiger partial charge in [0.2, 0.25) is 0 Å². The normalized spacial score (nSPS) is 15.9. The highest BCUT2D eigenvalue weighted by molar-refractivity contribution is 8.13. The van der Waals surface area contributed by atoms with Crippen LogP contribution >= 0.6 is 22.3 Å². The summed E-state index contributed by atoms with van der Waals surface area (Å²) in [4.78, 5) is 13.9. The van der Waals surface area contributed by atoms with Crippen LogP contribution in [0.5, 0.6) is 0 Å². The maximum atomic E-state index is 12.4. The van der Waals surface area contributed by atoms with Crippen LogP contribution < -0.4 is 0 Å². The first-order chi connectivity index (χ1) is 9.27. The number of nitrogens with zero attached hydrogens (tertiary/aromatic N) is 1. The van der Waals surface area contributed by atoms with Crippen molar-refractivity contribution in [3.8, 4) is 0 Å². The number of carbonyl (C=O) groups is 1. The average molecular weight is 334 g/mol. The fourth-order valence-corrected chi connectivity index (χ4v) is 3.20. The molecule has 1 heterocycles. The number of carbonyl (C=O) groups excluding carboxylic acids is 1. The first kappa shape index (κ1) is 15.4. The number of hydrogen-bond donors (Lipinski definition) is 0. The van der Waals surface area contributed by atoms with E-state index in [9.17, 15) is 13.2 Å². The van der Waals surface area contributed by atoms with E-state index in [4.69, 9.17) is 22.3 Å². The van der Waals surface area contributed by atoms with Crippen molar-refractivity contribution in [1.82, 2.24) is 4.90 Å². The Morgan fingerprint density at radius 1 is 1.30 bits per heavy atom. The van der Waals surface area contributed by atoms with Gasteiger partial charge < -0.3 is 4.90 Å². The Kier molecular flexibility index (Phi) is 4.42. The third-order valence-corrected chi connectivity index (χ3v) is 4.57. The second-order valence-electron chi connectivity index (χ2n) is 4.68. The highest BCUT2D eigenvalue weighted by Crippen LogP contribution is 2.23. The predicted octanol–water partition coefficient (Wildman–Crippen LogP) is 3.06. The zero-order valence-corrected chi connectivity index (χ0v) is 13.1.